The monoisotopic (exact) mass is 501 g/mol. The van der Waals surface area contributed by atoms with Crippen LogP contribution in [0, 0.1) is 12.7 Å². The first-order chi connectivity index (χ1) is 17.0. The molecular formula is C24H28FN5O6. The van der Waals surface area contributed by atoms with Crippen molar-refractivity contribution in [2.75, 3.05) is 27.7 Å². The lowest BCUT2D eigenvalue weighted by molar-refractivity contribution is -0.159. The predicted molar refractivity (Wildman–Crippen MR) is 125 cm³/mol. The van der Waals surface area contributed by atoms with Crippen molar-refractivity contribution in [3.05, 3.63) is 57.0 Å². The number of ether oxygens (including phenoxy) is 1. The Bertz CT molecular complexity index is 1300. The molecule has 192 valence electrons. The van der Waals surface area contributed by atoms with Crippen LogP contribution in [0.1, 0.15) is 40.3 Å². The SMILES string of the molecule is Cc1cc(CNC(=O)c2nc3n(c(=O)c2O)CC2CCC3(N(C)C(=O)C(=O)N(C)C)CO2)ccc1F. The number of halogens is 1. The van der Waals surface area contributed by atoms with Crippen LogP contribution in [0.25, 0.3) is 0 Å². The van der Waals surface area contributed by atoms with Gasteiger partial charge in [0.05, 0.1) is 19.3 Å². The van der Waals surface area contributed by atoms with E-state index in [1.54, 1.807) is 13.0 Å². The van der Waals surface area contributed by atoms with Gasteiger partial charge in [-0.15, -0.1) is 0 Å². The van der Waals surface area contributed by atoms with Crippen LogP contribution in [0.15, 0.2) is 23.0 Å². The lowest BCUT2D eigenvalue weighted by Crippen LogP contribution is -2.57. The normalized spacial score (nSPS) is 20.3. The third-order valence-electron chi connectivity index (χ3n) is 6.81. The molecule has 0 aliphatic carbocycles. The van der Waals surface area contributed by atoms with Crippen LogP contribution in [0.4, 0.5) is 4.39 Å². The number of nitrogens with zero attached hydrogens (tertiary/aromatic N) is 4. The summed E-state index contributed by atoms with van der Waals surface area (Å²) in [6.07, 6.45) is 0.462. The Morgan fingerprint density at radius 1 is 1.28 bits per heavy atom. The molecule has 4 heterocycles. The Balaban J connectivity index is 1.74. The highest BCUT2D eigenvalue weighted by molar-refractivity contribution is 6.34. The molecule has 2 unspecified atom stereocenters. The molecule has 5 rings (SSSR count). The number of benzene rings is 1. The first kappa shape index (κ1) is 25.3. The number of carbonyl (C=O) groups excluding carboxylic acids is 3. The van der Waals surface area contributed by atoms with Crippen LogP contribution in [-0.4, -0.2) is 76.0 Å². The number of aromatic nitrogens is 2. The average Bonchev–Trinajstić information content (AvgIpc) is 3.12. The molecule has 3 amide bonds. The van der Waals surface area contributed by atoms with Crippen LogP contribution in [0.5, 0.6) is 5.75 Å². The van der Waals surface area contributed by atoms with Gasteiger partial charge >= 0.3 is 11.8 Å². The number of fused-ring (bicyclic) bond motifs is 2. The number of aromatic hydroxyl groups is 1. The van der Waals surface area contributed by atoms with Crippen molar-refractivity contribution in [1.82, 2.24) is 24.7 Å². The van der Waals surface area contributed by atoms with Gasteiger partial charge in [0.2, 0.25) is 5.75 Å². The van der Waals surface area contributed by atoms with Gasteiger partial charge in [-0.3, -0.25) is 23.7 Å². The van der Waals surface area contributed by atoms with Gasteiger partial charge in [-0.25, -0.2) is 9.37 Å². The first-order valence-corrected chi connectivity index (χ1v) is 11.4. The summed E-state index contributed by atoms with van der Waals surface area (Å²) in [4.78, 5) is 58.3. The second-order valence-electron chi connectivity index (χ2n) is 9.38. The van der Waals surface area contributed by atoms with Crippen molar-refractivity contribution in [3.63, 3.8) is 0 Å². The zero-order chi connectivity index (χ0) is 26.4. The van der Waals surface area contributed by atoms with Gasteiger partial charge in [0.1, 0.15) is 17.2 Å². The minimum atomic E-state index is -1.30. The van der Waals surface area contributed by atoms with E-state index in [0.29, 0.717) is 24.0 Å². The van der Waals surface area contributed by atoms with Crippen LogP contribution < -0.4 is 10.9 Å². The van der Waals surface area contributed by atoms with Gasteiger partial charge in [0.15, 0.2) is 5.69 Å². The molecule has 3 aliphatic heterocycles. The summed E-state index contributed by atoms with van der Waals surface area (Å²) in [7, 11) is 4.33. The van der Waals surface area contributed by atoms with E-state index in [1.807, 2.05) is 0 Å². The third kappa shape index (κ3) is 4.21. The maximum Gasteiger partial charge on any atom is 0.312 e. The Kier molecular flexibility index (Phi) is 6.56. The van der Waals surface area contributed by atoms with Crippen LogP contribution in [0.3, 0.4) is 0 Å². The Morgan fingerprint density at radius 2 is 2.00 bits per heavy atom. The van der Waals surface area contributed by atoms with E-state index >= 15 is 0 Å². The number of likely N-dealkylation sites (N-methyl/N-ethyl adjacent to an activating group) is 2. The van der Waals surface area contributed by atoms with Gasteiger partial charge < -0.3 is 25.0 Å². The average molecular weight is 502 g/mol. The molecule has 2 atom stereocenters. The van der Waals surface area contributed by atoms with E-state index in [2.05, 4.69) is 10.3 Å². The van der Waals surface area contributed by atoms with Crippen LogP contribution in [0.2, 0.25) is 0 Å². The molecular weight excluding hydrogens is 473 g/mol. The van der Waals surface area contributed by atoms with Gasteiger partial charge in [-0.05, 0) is 37.0 Å². The van der Waals surface area contributed by atoms with Crippen molar-refractivity contribution >= 4 is 17.7 Å². The smallest absolute Gasteiger partial charge is 0.312 e. The minimum Gasteiger partial charge on any atom is -0.501 e. The van der Waals surface area contributed by atoms with Gasteiger partial charge in [0, 0.05) is 27.7 Å². The number of hydrogen-bond donors (Lipinski definition) is 2. The topological polar surface area (TPSA) is 134 Å². The third-order valence-corrected chi connectivity index (χ3v) is 6.81. The number of aryl methyl sites for hydroxylation is 1. The summed E-state index contributed by atoms with van der Waals surface area (Å²) < 4.78 is 20.7. The number of amides is 3. The Hall–Kier alpha value is -3.80. The highest BCUT2D eigenvalue weighted by Gasteiger charge is 2.51. The van der Waals surface area contributed by atoms with E-state index in [0.717, 1.165) is 4.90 Å². The van der Waals surface area contributed by atoms with Gasteiger partial charge in [-0.2, -0.15) is 0 Å². The zero-order valence-electron chi connectivity index (χ0n) is 20.5. The molecule has 36 heavy (non-hydrogen) atoms. The van der Waals surface area contributed by atoms with Crippen LogP contribution >= 0.6 is 0 Å². The molecule has 12 heteroatoms. The fourth-order valence-electron chi connectivity index (χ4n) is 4.59. The molecule has 1 fully saturated rings. The molecule has 0 spiro atoms. The molecule has 11 nitrogen and oxygen atoms in total. The minimum absolute atomic E-state index is 0.00550. The highest BCUT2D eigenvalue weighted by atomic mass is 19.1. The van der Waals surface area contributed by atoms with E-state index in [-0.39, 0.29) is 37.4 Å². The van der Waals surface area contributed by atoms with Gasteiger partial charge in [0.25, 0.3) is 11.5 Å². The fraction of sp³-hybridized carbons (Fsp3) is 0.458. The van der Waals surface area contributed by atoms with Crippen molar-refractivity contribution in [2.24, 2.45) is 0 Å². The summed E-state index contributed by atoms with van der Waals surface area (Å²) in [5.74, 6) is -3.55. The lowest BCUT2D eigenvalue weighted by atomic mass is 9.88. The van der Waals surface area contributed by atoms with E-state index in [1.165, 1.54) is 42.7 Å². The number of nitrogens with one attached hydrogen (secondary N) is 1. The number of hydrogen-bond acceptors (Lipinski definition) is 7. The van der Waals surface area contributed by atoms with Gasteiger partial charge in [-0.1, -0.05) is 12.1 Å². The standard InChI is InChI=1S/C24H28FN5O6/c1-13-9-14(5-6-16(13)25)10-26-19(32)17-18(31)20(33)30-11-15-7-8-24(12-36-15,23(30)27-17)29(4)22(35)21(34)28(2)3/h5-6,9,15,31H,7-8,10-12H2,1-4H3,(H,26,32). The molecule has 0 saturated carbocycles. The Labute approximate surface area is 206 Å². The van der Waals surface area contributed by atoms with E-state index in [4.69, 9.17) is 4.74 Å². The van der Waals surface area contributed by atoms with E-state index < -0.39 is 40.3 Å². The quantitative estimate of drug-likeness (QED) is 0.574. The van der Waals surface area contributed by atoms with Crippen molar-refractivity contribution in [3.8, 4) is 5.75 Å². The second kappa shape index (κ2) is 9.34. The molecule has 1 aromatic heterocycles. The maximum atomic E-state index is 13.5. The van der Waals surface area contributed by atoms with Crippen molar-refractivity contribution in [2.45, 2.75) is 44.5 Å². The molecule has 2 N–H and O–H groups in total. The highest BCUT2D eigenvalue weighted by Crippen LogP contribution is 2.40. The summed E-state index contributed by atoms with van der Waals surface area (Å²) in [5, 5.41) is 13.2. The summed E-state index contributed by atoms with van der Waals surface area (Å²) in [6.45, 7) is 1.65. The number of carbonyl (C=O) groups is 3. The largest absolute Gasteiger partial charge is 0.501 e. The summed E-state index contributed by atoms with van der Waals surface area (Å²) >= 11 is 0. The molecule has 2 bridgehead atoms. The fourth-order valence-corrected chi connectivity index (χ4v) is 4.59. The first-order valence-electron chi connectivity index (χ1n) is 11.4. The zero-order valence-corrected chi connectivity index (χ0v) is 20.5. The van der Waals surface area contributed by atoms with Crippen LogP contribution in [-0.2, 0) is 33.0 Å². The maximum absolute atomic E-state index is 13.5. The molecule has 1 saturated heterocycles. The Morgan fingerprint density at radius 3 is 2.61 bits per heavy atom. The lowest BCUT2D eigenvalue weighted by Gasteiger charge is -2.43. The molecule has 2 aromatic rings. The van der Waals surface area contributed by atoms with E-state index in [9.17, 15) is 28.7 Å². The summed E-state index contributed by atoms with van der Waals surface area (Å²) in [6, 6.07) is 4.36. The number of rotatable bonds is 4. The van der Waals surface area contributed by atoms with Crippen molar-refractivity contribution < 1.29 is 28.6 Å². The molecule has 0 radical (unpaired) electrons. The predicted octanol–water partition coefficient (Wildman–Crippen LogP) is 0.261. The summed E-state index contributed by atoms with van der Waals surface area (Å²) in [5.41, 5.74) is -1.63. The van der Waals surface area contributed by atoms with Crippen molar-refractivity contribution in [1.29, 1.82) is 0 Å². The molecule has 1 aromatic carbocycles. The second-order valence-corrected chi connectivity index (χ2v) is 9.38. The molecule has 3 aliphatic rings.